The molecule has 0 saturated heterocycles. The fourth-order valence-electron chi connectivity index (χ4n) is 3.14. The number of halogens is 3. The lowest BCUT2D eigenvalue weighted by Gasteiger charge is -2.14. The molecule has 32 heavy (non-hydrogen) atoms. The molecule has 0 fully saturated rings. The number of hydrogen-bond acceptors (Lipinski definition) is 3. The monoisotopic (exact) mass is 555 g/mol. The molecular formula is C23H28F2IN5O. The van der Waals surface area contributed by atoms with Crippen molar-refractivity contribution in [1.29, 1.82) is 0 Å². The number of benzene rings is 2. The predicted octanol–water partition coefficient (Wildman–Crippen LogP) is 4.71. The van der Waals surface area contributed by atoms with Crippen LogP contribution in [0.5, 0.6) is 5.75 Å². The van der Waals surface area contributed by atoms with E-state index in [-0.39, 0.29) is 36.3 Å². The van der Waals surface area contributed by atoms with Crippen molar-refractivity contribution >= 4 is 29.9 Å². The number of alkyl halides is 2. The summed E-state index contributed by atoms with van der Waals surface area (Å²) in [6.45, 7) is 3.06. The zero-order valence-electron chi connectivity index (χ0n) is 18.1. The number of aromatic nitrogens is 2. The van der Waals surface area contributed by atoms with Gasteiger partial charge in [0, 0.05) is 31.0 Å². The molecule has 0 unspecified atom stereocenters. The van der Waals surface area contributed by atoms with Gasteiger partial charge in [-0.25, -0.2) is 9.98 Å². The summed E-state index contributed by atoms with van der Waals surface area (Å²) in [6.07, 6.45) is 3.71. The lowest BCUT2D eigenvalue weighted by Crippen LogP contribution is -2.37. The van der Waals surface area contributed by atoms with Crippen molar-refractivity contribution in [3.63, 3.8) is 0 Å². The number of hydrogen-bond donors (Lipinski definition) is 2. The second-order valence-electron chi connectivity index (χ2n) is 7.00. The number of aryl methyl sites for hydroxylation is 1. The topological polar surface area (TPSA) is 63.5 Å². The summed E-state index contributed by atoms with van der Waals surface area (Å²) in [5.41, 5.74) is 2.74. The van der Waals surface area contributed by atoms with E-state index in [4.69, 9.17) is 0 Å². The van der Waals surface area contributed by atoms with E-state index in [1.807, 2.05) is 38.2 Å². The maximum absolute atomic E-state index is 12.7. The van der Waals surface area contributed by atoms with Crippen LogP contribution in [0.15, 0.2) is 65.9 Å². The van der Waals surface area contributed by atoms with Crippen LogP contribution in [0.1, 0.15) is 29.4 Å². The van der Waals surface area contributed by atoms with E-state index >= 15 is 0 Å². The van der Waals surface area contributed by atoms with Gasteiger partial charge in [0.15, 0.2) is 5.96 Å². The second-order valence-corrected chi connectivity index (χ2v) is 7.00. The SMILES string of the molecule is CCNC(=NCc1cc(C)ccc1OC(F)F)NCc1nccn1Cc1ccccc1.I. The van der Waals surface area contributed by atoms with Gasteiger partial charge < -0.3 is 19.9 Å². The van der Waals surface area contributed by atoms with Crippen molar-refractivity contribution < 1.29 is 13.5 Å². The highest BCUT2D eigenvalue weighted by Gasteiger charge is 2.10. The molecule has 0 amide bonds. The van der Waals surface area contributed by atoms with Gasteiger partial charge in [-0.1, -0.05) is 48.0 Å². The Bertz CT molecular complexity index is 995. The van der Waals surface area contributed by atoms with Crippen molar-refractivity contribution in [2.75, 3.05) is 6.54 Å². The van der Waals surface area contributed by atoms with Crippen molar-refractivity contribution in [2.45, 2.75) is 40.1 Å². The molecule has 3 rings (SSSR count). The van der Waals surface area contributed by atoms with Gasteiger partial charge in [-0.15, -0.1) is 24.0 Å². The zero-order valence-corrected chi connectivity index (χ0v) is 20.4. The Morgan fingerprint density at radius 1 is 1.16 bits per heavy atom. The van der Waals surface area contributed by atoms with E-state index in [0.29, 0.717) is 24.6 Å². The van der Waals surface area contributed by atoms with Crippen molar-refractivity contribution in [3.8, 4) is 5.75 Å². The highest BCUT2D eigenvalue weighted by atomic mass is 127. The number of rotatable bonds is 9. The Morgan fingerprint density at radius 3 is 2.66 bits per heavy atom. The fraction of sp³-hybridized carbons (Fsp3) is 0.304. The molecule has 2 aromatic carbocycles. The molecule has 0 atom stereocenters. The Balaban J connectivity index is 0.00000363. The molecule has 9 heteroatoms. The summed E-state index contributed by atoms with van der Waals surface area (Å²) >= 11 is 0. The minimum Gasteiger partial charge on any atom is -0.434 e. The molecule has 172 valence electrons. The smallest absolute Gasteiger partial charge is 0.387 e. The van der Waals surface area contributed by atoms with E-state index in [2.05, 4.69) is 42.0 Å². The summed E-state index contributed by atoms with van der Waals surface area (Å²) in [5.74, 6) is 1.58. The molecule has 0 aliphatic carbocycles. The molecule has 0 aliphatic heterocycles. The maximum Gasteiger partial charge on any atom is 0.387 e. The molecule has 0 aliphatic rings. The van der Waals surface area contributed by atoms with Gasteiger partial charge in [-0.05, 0) is 25.5 Å². The normalized spacial score (nSPS) is 11.2. The summed E-state index contributed by atoms with van der Waals surface area (Å²) in [6, 6.07) is 15.2. The Hall–Kier alpha value is -2.69. The largest absolute Gasteiger partial charge is 0.434 e. The molecule has 0 spiro atoms. The molecule has 2 N–H and O–H groups in total. The van der Waals surface area contributed by atoms with Gasteiger partial charge >= 0.3 is 6.61 Å². The van der Waals surface area contributed by atoms with E-state index in [0.717, 1.165) is 17.9 Å². The average Bonchev–Trinajstić information content (AvgIpc) is 3.19. The first-order valence-electron chi connectivity index (χ1n) is 10.2. The minimum atomic E-state index is -2.87. The van der Waals surface area contributed by atoms with Gasteiger partial charge in [0.2, 0.25) is 0 Å². The van der Waals surface area contributed by atoms with Crippen LogP contribution in [0.3, 0.4) is 0 Å². The van der Waals surface area contributed by atoms with Gasteiger partial charge in [0.25, 0.3) is 0 Å². The van der Waals surface area contributed by atoms with Gasteiger partial charge in [-0.2, -0.15) is 8.78 Å². The molecular weight excluding hydrogens is 527 g/mol. The van der Waals surface area contributed by atoms with E-state index in [1.165, 1.54) is 5.56 Å². The lowest BCUT2D eigenvalue weighted by atomic mass is 10.1. The Kier molecular flexibility index (Phi) is 10.4. The third kappa shape index (κ3) is 7.77. The molecule has 0 saturated carbocycles. The second kappa shape index (κ2) is 13.0. The van der Waals surface area contributed by atoms with Crippen LogP contribution in [-0.2, 0) is 19.6 Å². The van der Waals surface area contributed by atoms with Crippen molar-refractivity contribution in [1.82, 2.24) is 20.2 Å². The standard InChI is InChI=1S/C23H27F2N5O.HI/c1-3-26-23(28-14-19-13-17(2)9-10-20(19)31-22(24)25)29-15-21-27-11-12-30(21)16-18-7-5-4-6-8-18;/h4-13,22H,3,14-16H2,1-2H3,(H2,26,28,29);1H. The lowest BCUT2D eigenvalue weighted by molar-refractivity contribution is -0.0504. The van der Waals surface area contributed by atoms with Crippen molar-refractivity contribution in [2.24, 2.45) is 4.99 Å². The molecule has 0 bridgehead atoms. The number of ether oxygens (including phenoxy) is 1. The molecule has 1 heterocycles. The van der Waals surface area contributed by atoms with Crippen LogP contribution >= 0.6 is 24.0 Å². The highest BCUT2D eigenvalue weighted by Crippen LogP contribution is 2.23. The highest BCUT2D eigenvalue weighted by molar-refractivity contribution is 14.0. The number of aliphatic imine (C=N–C) groups is 1. The van der Waals surface area contributed by atoms with Crippen LogP contribution in [0.25, 0.3) is 0 Å². The minimum absolute atomic E-state index is 0. The van der Waals surface area contributed by atoms with Gasteiger partial charge in [0.1, 0.15) is 11.6 Å². The first kappa shape index (κ1) is 25.6. The Labute approximate surface area is 204 Å². The van der Waals surface area contributed by atoms with Gasteiger partial charge in [0.05, 0.1) is 13.1 Å². The average molecular weight is 555 g/mol. The zero-order chi connectivity index (χ0) is 22.1. The summed E-state index contributed by atoms with van der Waals surface area (Å²) in [5, 5.41) is 6.43. The number of nitrogens with zero attached hydrogens (tertiary/aromatic N) is 3. The van der Waals surface area contributed by atoms with E-state index in [9.17, 15) is 8.78 Å². The Morgan fingerprint density at radius 2 is 1.94 bits per heavy atom. The summed E-state index contributed by atoms with van der Waals surface area (Å²) in [7, 11) is 0. The fourth-order valence-corrected chi connectivity index (χ4v) is 3.14. The third-order valence-corrected chi connectivity index (χ3v) is 4.60. The molecule has 0 radical (unpaired) electrons. The first-order chi connectivity index (χ1) is 15.0. The van der Waals surface area contributed by atoms with Crippen LogP contribution in [-0.4, -0.2) is 28.7 Å². The number of nitrogens with one attached hydrogen (secondary N) is 2. The predicted molar refractivity (Wildman–Crippen MR) is 133 cm³/mol. The van der Waals surface area contributed by atoms with Crippen LogP contribution in [0.2, 0.25) is 0 Å². The summed E-state index contributed by atoms with van der Waals surface area (Å²) < 4.78 is 32.1. The molecule has 3 aromatic rings. The van der Waals surface area contributed by atoms with Crippen LogP contribution in [0.4, 0.5) is 8.78 Å². The summed E-state index contributed by atoms with van der Waals surface area (Å²) in [4.78, 5) is 8.97. The van der Waals surface area contributed by atoms with Crippen LogP contribution in [0, 0.1) is 6.92 Å². The van der Waals surface area contributed by atoms with Gasteiger partial charge in [-0.3, -0.25) is 0 Å². The quantitative estimate of drug-likeness (QED) is 0.228. The van der Waals surface area contributed by atoms with E-state index < -0.39 is 6.61 Å². The van der Waals surface area contributed by atoms with E-state index in [1.54, 1.807) is 24.4 Å². The number of imidazole rings is 1. The molecule has 1 aromatic heterocycles. The van der Waals surface area contributed by atoms with Crippen molar-refractivity contribution in [3.05, 3.63) is 83.4 Å². The maximum atomic E-state index is 12.7. The molecule has 6 nitrogen and oxygen atoms in total. The first-order valence-corrected chi connectivity index (χ1v) is 10.2. The number of guanidine groups is 1. The third-order valence-electron chi connectivity index (χ3n) is 4.60. The van der Waals surface area contributed by atoms with Crippen LogP contribution < -0.4 is 15.4 Å².